The van der Waals surface area contributed by atoms with Gasteiger partial charge in [-0.25, -0.2) is 4.57 Å². The number of carbonyl (C=O) groups excluding carboxylic acids is 1. The summed E-state index contributed by atoms with van der Waals surface area (Å²) in [6.45, 7) is 0.889. The first-order chi connectivity index (χ1) is 8.84. The lowest BCUT2D eigenvalue weighted by Gasteiger charge is -2.01. The number of carbonyl (C=O) groups is 1. The molecule has 0 aliphatic rings. The predicted molar refractivity (Wildman–Crippen MR) is 60.1 cm³/mol. The molecule has 2 aromatic heterocycles. The van der Waals surface area contributed by atoms with Crippen LogP contribution in [0.1, 0.15) is 12.2 Å². The summed E-state index contributed by atoms with van der Waals surface area (Å²) in [6, 6.07) is 5.77. The summed E-state index contributed by atoms with van der Waals surface area (Å²) in [5.74, 6) is 0.315. The summed E-state index contributed by atoms with van der Waals surface area (Å²) in [4.78, 5) is 11.4. The fourth-order valence-electron chi connectivity index (χ4n) is 1.42. The first kappa shape index (κ1) is 12.2. The second-order valence-corrected chi connectivity index (χ2v) is 3.66. The highest BCUT2D eigenvalue weighted by molar-refractivity contribution is 5.69. The van der Waals surface area contributed by atoms with E-state index in [0.717, 1.165) is 0 Å². The van der Waals surface area contributed by atoms with Crippen LogP contribution in [-0.4, -0.2) is 33.2 Å². The maximum atomic E-state index is 11.4. The molecule has 0 bridgehead atoms. The Bertz CT molecular complexity index is 471. The average Bonchev–Trinajstić information content (AvgIpc) is 2.91. The van der Waals surface area contributed by atoms with Gasteiger partial charge in [-0.05, 0) is 0 Å². The van der Waals surface area contributed by atoms with Gasteiger partial charge < -0.3 is 4.74 Å². The summed E-state index contributed by atoms with van der Waals surface area (Å²) in [5.41, 5.74) is 0. The van der Waals surface area contributed by atoms with Crippen molar-refractivity contribution in [1.29, 1.82) is 0 Å². The van der Waals surface area contributed by atoms with Gasteiger partial charge in [-0.1, -0.05) is 11.3 Å². The SMILES string of the molecule is O=C(CC[n+]1ccccc1)OCCc1nn[nH]n1. The standard InChI is InChI=1S/C11H14N5O2/c17-11(4-8-16-6-2-1-3-7-16)18-9-5-10-12-14-15-13-10/h1-3,6-7H,4-5,8-9H2,(H,12,13,14,15)/q+1. The monoisotopic (exact) mass is 248 g/mol. The number of nitrogens with one attached hydrogen (secondary N) is 1. The van der Waals surface area contributed by atoms with E-state index >= 15 is 0 Å². The van der Waals surface area contributed by atoms with Gasteiger partial charge in [-0.2, -0.15) is 5.21 Å². The van der Waals surface area contributed by atoms with E-state index in [4.69, 9.17) is 4.74 Å². The molecule has 0 aliphatic carbocycles. The lowest BCUT2D eigenvalue weighted by atomic mass is 10.4. The Morgan fingerprint density at radius 3 is 2.89 bits per heavy atom. The summed E-state index contributed by atoms with van der Waals surface area (Å²) in [7, 11) is 0. The summed E-state index contributed by atoms with van der Waals surface area (Å²) in [6.07, 6.45) is 4.64. The van der Waals surface area contributed by atoms with E-state index in [0.29, 0.717) is 25.2 Å². The van der Waals surface area contributed by atoms with E-state index in [1.54, 1.807) is 0 Å². The molecule has 0 amide bonds. The molecule has 0 aromatic carbocycles. The topological polar surface area (TPSA) is 84.6 Å². The number of ether oxygens (including phenoxy) is 1. The molecule has 0 saturated carbocycles. The van der Waals surface area contributed by atoms with Gasteiger partial charge in [-0.3, -0.25) is 4.79 Å². The highest BCUT2D eigenvalue weighted by atomic mass is 16.5. The van der Waals surface area contributed by atoms with Gasteiger partial charge in [0.2, 0.25) is 0 Å². The first-order valence-electron chi connectivity index (χ1n) is 5.66. The third kappa shape index (κ3) is 3.93. The molecule has 7 heteroatoms. The van der Waals surface area contributed by atoms with Gasteiger partial charge in [0.15, 0.2) is 24.8 Å². The van der Waals surface area contributed by atoms with Crippen molar-refractivity contribution in [3.63, 3.8) is 0 Å². The molecule has 0 saturated heterocycles. The number of aryl methyl sites for hydroxylation is 1. The van der Waals surface area contributed by atoms with Gasteiger partial charge in [0.05, 0.1) is 6.61 Å². The minimum Gasteiger partial charge on any atom is -0.465 e. The van der Waals surface area contributed by atoms with Gasteiger partial charge in [0.1, 0.15) is 6.42 Å². The number of hydrogen-bond donors (Lipinski definition) is 1. The Morgan fingerprint density at radius 2 is 2.17 bits per heavy atom. The molecular formula is C11H14N5O2+. The van der Waals surface area contributed by atoms with Crippen molar-refractivity contribution in [2.24, 2.45) is 0 Å². The Kier molecular flexibility index (Phi) is 4.34. The van der Waals surface area contributed by atoms with E-state index in [9.17, 15) is 4.79 Å². The molecule has 0 spiro atoms. The largest absolute Gasteiger partial charge is 0.465 e. The molecule has 2 aromatic rings. The van der Waals surface area contributed by atoms with Crippen LogP contribution >= 0.6 is 0 Å². The third-order valence-electron chi connectivity index (χ3n) is 2.33. The van der Waals surface area contributed by atoms with E-state index in [2.05, 4.69) is 20.6 Å². The fourth-order valence-corrected chi connectivity index (χ4v) is 1.42. The van der Waals surface area contributed by atoms with Crippen LogP contribution in [0.25, 0.3) is 0 Å². The molecule has 0 radical (unpaired) electrons. The Labute approximate surface area is 104 Å². The number of H-pyrrole nitrogens is 1. The highest BCUT2D eigenvalue weighted by Crippen LogP contribution is 1.91. The van der Waals surface area contributed by atoms with Crippen LogP contribution in [0.4, 0.5) is 0 Å². The van der Waals surface area contributed by atoms with Crippen LogP contribution in [0, 0.1) is 0 Å². The molecule has 18 heavy (non-hydrogen) atoms. The second kappa shape index (κ2) is 6.43. The zero-order chi connectivity index (χ0) is 12.6. The number of aromatic amines is 1. The lowest BCUT2D eigenvalue weighted by Crippen LogP contribution is -2.33. The van der Waals surface area contributed by atoms with Crippen LogP contribution in [0.2, 0.25) is 0 Å². The van der Waals surface area contributed by atoms with Gasteiger partial charge in [-0.15, -0.1) is 10.2 Å². The number of nitrogens with zero attached hydrogens (tertiary/aromatic N) is 4. The summed E-state index contributed by atoms with van der Waals surface area (Å²) in [5, 5.41) is 13.3. The van der Waals surface area contributed by atoms with Gasteiger partial charge >= 0.3 is 5.97 Å². The van der Waals surface area contributed by atoms with E-state index in [1.807, 2.05) is 35.2 Å². The summed E-state index contributed by atoms with van der Waals surface area (Å²) >= 11 is 0. The van der Waals surface area contributed by atoms with Crippen molar-refractivity contribution >= 4 is 5.97 Å². The highest BCUT2D eigenvalue weighted by Gasteiger charge is 2.08. The van der Waals surface area contributed by atoms with Crippen molar-refractivity contribution in [2.75, 3.05) is 6.61 Å². The zero-order valence-electron chi connectivity index (χ0n) is 9.82. The van der Waals surface area contributed by atoms with E-state index in [1.165, 1.54) is 0 Å². The van der Waals surface area contributed by atoms with Crippen LogP contribution in [0.3, 0.4) is 0 Å². The third-order valence-corrected chi connectivity index (χ3v) is 2.33. The molecule has 7 nitrogen and oxygen atoms in total. The van der Waals surface area contributed by atoms with Crippen LogP contribution in [0.5, 0.6) is 0 Å². The Morgan fingerprint density at radius 1 is 1.33 bits per heavy atom. The predicted octanol–water partition coefficient (Wildman–Crippen LogP) is -0.337. The Hall–Kier alpha value is -2.31. The number of tetrazole rings is 1. The maximum Gasteiger partial charge on any atom is 0.312 e. The van der Waals surface area contributed by atoms with E-state index in [-0.39, 0.29) is 12.6 Å². The van der Waals surface area contributed by atoms with Gasteiger partial charge in [0, 0.05) is 18.6 Å². The van der Waals surface area contributed by atoms with Crippen molar-refractivity contribution in [3.05, 3.63) is 36.4 Å². The fraction of sp³-hybridized carbons (Fsp3) is 0.364. The molecule has 0 atom stereocenters. The molecule has 0 fully saturated rings. The van der Waals surface area contributed by atoms with Gasteiger partial charge in [0.25, 0.3) is 0 Å². The molecule has 0 aliphatic heterocycles. The minimum absolute atomic E-state index is 0.227. The molecule has 2 heterocycles. The van der Waals surface area contributed by atoms with Crippen molar-refractivity contribution in [1.82, 2.24) is 20.6 Å². The van der Waals surface area contributed by atoms with E-state index < -0.39 is 0 Å². The summed E-state index contributed by atoms with van der Waals surface area (Å²) < 4.78 is 6.99. The molecule has 94 valence electrons. The number of hydrogen-bond acceptors (Lipinski definition) is 5. The lowest BCUT2D eigenvalue weighted by molar-refractivity contribution is -0.696. The number of aromatic nitrogens is 5. The number of rotatable bonds is 6. The quantitative estimate of drug-likeness (QED) is 0.558. The average molecular weight is 248 g/mol. The second-order valence-electron chi connectivity index (χ2n) is 3.66. The smallest absolute Gasteiger partial charge is 0.312 e. The number of pyridine rings is 1. The Balaban J connectivity index is 1.63. The minimum atomic E-state index is -0.227. The molecule has 0 unspecified atom stereocenters. The molecule has 1 N–H and O–H groups in total. The van der Waals surface area contributed by atoms with Crippen molar-refractivity contribution in [2.45, 2.75) is 19.4 Å². The van der Waals surface area contributed by atoms with Crippen molar-refractivity contribution in [3.8, 4) is 0 Å². The van der Waals surface area contributed by atoms with Crippen molar-refractivity contribution < 1.29 is 14.1 Å². The molecule has 2 rings (SSSR count). The first-order valence-corrected chi connectivity index (χ1v) is 5.66. The van der Waals surface area contributed by atoms with Crippen LogP contribution in [0.15, 0.2) is 30.6 Å². The zero-order valence-corrected chi connectivity index (χ0v) is 9.82. The normalized spacial score (nSPS) is 10.2. The number of esters is 1. The maximum absolute atomic E-state index is 11.4. The van der Waals surface area contributed by atoms with Crippen LogP contribution < -0.4 is 4.57 Å². The van der Waals surface area contributed by atoms with Crippen LogP contribution in [-0.2, 0) is 22.5 Å². The molecular weight excluding hydrogens is 234 g/mol.